The largest absolute Gasteiger partial charge is 0.309 e. The monoisotopic (exact) mass is 601 g/mol. The zero-order chi connectivity index (χ0) is 30.2. The Morgan fingerprint density at radius 2 is 1.13 bits per heavy atom. The van der Waals surface area contributed by atoms with Crippen LogP contribution >= 0.6 is 11.8 Å². The van der Waals surface area contributed by atoms with E-state index in [9.17, 15) is 0 Å². The van der Waals surface area contributed by atoms with Gasteiger partial charge in [0.15, 0.2) is 0 Å². The van der Waals surface area contributed by atoms with Crippen molar-refractivity contribution in [1.82, 2.24) is 4.57 Å². The Kier molecular flexibility index (Phi) is 5.58. The molecule has 0 saturated carbocycles. The second-order valence-electron chi connectivity index (χ2n) is 12.1. The molecular weight excluding hydrogens is 575 g/mol. The summed E-state index contributed by atoms with van der Waals surface area (Å²) in [6, 6.07) is 60.2. The summed E-state index contributed by atoms with van der Waals surface area (Å²) < 4.78 is 2.45. The van der Waals surface area contributed by atoms with Gasteiger partial charge in [0.25, 0.3) is 0 Å². The average molecular weight is 602 g/mol. The van der Waals surface area contributed by atoms with Crippen LogP contribution in [0.15, 0.2) is 174 Å². The smallest absolute Gasteiger partial charge is 0.0619 e. The summed E-state index contributed by atoms with van der Waals surface area (Å²) >= 11 is 1.88. The minimum absolute atomic E-state index is 1.17. The van der Waals surface area contributed by atoms with Crippen molar-refractivity contribution in [2.75, 3.05) is 0 Å². The quantitative estimate of drug-likeness (QED) is 0.195. The molecule has 9 aromatic rings. The molecule has 214 valence electrons. The van der Waals surface area contributed by atoms with Crippen LogP contribution in [0.3, 0.4) is 0 Å². The molecule has 10 rings (SSSR count). The van der Waals surface area contributed by atoms with Crippen LogP contribution in [-0.2, 0) is 0 Å². The van der Waals surface area contributed by atoms with Gasteiger partial charge in [0.05, 0.1) is 11.0 Å². The van der Waals surface area contributed by atoms with E-state index >= 15 is 0 Å². The number of hydrogen-bond donors (Lipinski definition) is 0. The number of aromatic nitrogens is 1. The van der Waals surface area contributed by atoms with Crippen molar-refractivity contribution in [2.24, 2.45) is 0 Å². The van der Waals surface area contributed by atoms with E-state index in [-0.39, 0.29) is 0 Å². The summed E-state index contributed by atoms with van der Waals surface area (Å²) in [5.41, 5.74) is 11.2. The Labute approximate surface area is 271 Å². The van der Waals surface area contributed by atoms with Gasteiger partial charge in [-0.25, -0.2) is 0 Å². The van der Waals surface area contributed by atoms with Gasteiger partial charge in [-0.1, -0.05) is 139 Å². The normalized spacial score (nSPS) is 12.3. The molecule has 2 heteroatoms. The third kappa shape index (κ3) is 3.77. The van der Waals surface area contributed by atoms with E-state index < -0.39 is 0 Å². The van der Waals surface area contributed by atoms with Crippen molar-refractivity contribution in [3.63, 3.8) is 0 Å². The fourth-order valence-corrected chi connectivity index (χ4v) is 8.63. The molecule has 0 atom stereocenters. The maximum atomic E-state index is 2.45. The molecule has 0 unspecified atom stereocenters. The lowest BCUT2D eigenvalue weighted by molar-refractivity contribution is 1.19. The van der Waals surface area contributed by atoms with Crippen molar-refractivity contribution in [1.29, 1.82) is 0 Å². The van der Waals surface area contributed by atoms with Gasteiger partial charge in [0.1, 0.15) is 0 Å². The van der Waals surface area contributed by atoms with Crippen molar-refractivity contribution in [3.05, 3.63) is 164 Å². The number of rotatable bonds is 3. The second-order valence-corrected chi connectivity index (χ2v) is 13.2. The van der Waals surface area contributed by atoms with Crippen molar-refractivity contribution in [2.45, 2.75) is 9.79 Å². The first-order chi connectivity index (χ1) is 22.8. The number of nitrogens with zero attached hydrogens (tertiary/aromatic N) is 1. The summed E-state index contributed by atoms with van der Waals surface area (Å²) in [4.78, 5) is 2.66. The predicted molar refractivity (Wildman–Crippen MR) is 196 cm³/mol. The molecule has 0 radical (unpaired) electrons. The van der Waals surface area contributed by atoms with E-state index in [0.717, 1.165) is 0 Å². The van der Waals surface area contributed by atoms with Gasteiger partial charge in [-0.2, -0.15) is 0 Å². The second kappa shape index (κ2) is 9.97. The third-order valence-corrected chi connectivity index (χ3v) is 10.7. The first kappa shape index (κ1) is 25.7. The van der Waals surface area contributed by atoms with Crippen LogP contribution in [-0.4, -0.2) is 4.57 Å². The molecule has 8 aromatic carbocycles. The maximum Gasteiger partial charge on any atom is 0.0619 e. The predicted octanol–water partition coefficient (Wildman–Crippen LogP) is 12.6. The summed E-state index contributed by atoms with van der Waals surface area (Å²) in [6.45, 7) is 0. The zero-order valence-corrected chi connectivity index (χ0v) is 25.8. The Balaban J connectivity index is 1.17. The highest BCUT2D eigenvalue weighted by molar-refractivity contribution is 7.99. The first-order valence-corrected chi connectivity index (χ1v) is 16.6. The molecule has 1 nitrogen and oxygen atoms in total. The summed E-state index contributed by atoms with van der Waals surface area (Å²) in [5.74, 6) is 0. The topological polar surface area (TPSA) is 4.93 Å². The minimum Gasteiger partial charge on any atom is -0.309 e. The molecule has 1 aliphatic heterocycles. The van der Waals surface area contributed by atoms with Gasteiger partial charge < -0.3 is 4.57 Å². The van der Waals surface area contributed by atoms with Gasteiger partial charge in [-0.15, -0.1) is 0 Å². The summed E-state index contributed by atoms with van der Waals surface area (Å²) in [6.07, 6.45) is 0. The zero-order valence-electron chi connectivity index (χ0n) is 24.9. The standard InChI is InChI=1S/C44H27NS/c1-2-13-32(14-3-1)45-40-27-30(21-22-35(40)39-23-20-28-10-4-5-15-34(28)44(39)45)29-11-8-12-31(26-29)33-24-25-42-43-37(33)17-9-18-38(43)36-16-6-7-19-41(36)46-42/h1-27H. The Bertz CT molecular complexity index is 2660. The van der Waals surface area contributed by atoms with Crippen molar-refractivity contribution >= 4 is 55.1 Å². The molecule has 0 N–H and O–H groups in total. The highest BCUT2D eigenvalue weighted by Gasteiger charge is 2.21. The molecule has 1 aliphatic rings. The Morgan fingerprint density at radius 3 is 2.09 bits per heavy atom. The van der Waals surface area contributed by atoms with Crippen LogP contribution in [0.5, 0.6) is 0 Å². The molecule has 46 heavy (non-hydrogen) atoms. The lowest BCUT2D eigenvalue weighted by Crippen LogP contribution is -1.94. The lowest BCUT2D eigenvalue weighted by Gasteiger charge is -2.21. The molecule has 1 aromatic heterocycles. The highest BCUT2D eigenvalue weighted by Crippen LogP contribution is 2.49. The van der Waals surface area contributed by atoms with Gasteiger partial charge in [-0.3, -0.25) is 0 Å². The highest BCUT2D eigenvalue weighted by atomic mass is 32.2. The van der Waals surface area contributed by atoms with Crippen LogP contribution < -0.4 is 0 Å². The van der Waals surface area contributed by atoms with Crippen LogP contribution in [0.1, 0.15) is 0 Å². The van der Waals surface area contributed by atoms with E-state index in [1.165, 1.54) is 92.2 Å². The van der Waals surface area contributed by atoms with Gasteiger partial charge in [-0.05, 0) is 80.6 Å². The molecule has 0 bridgehead atoms. The molecule has 0 spiro atoms. The molecule has 0 aliphatic carbocycles. The van der Waals surface area contributed by atoms with Crippen LogP contribution in [0.25, 0.3) is 82.4 Å². The third-order valence-electron chi connectivity index (χ3n) is 9.57. The van der Waals surface area contributed by atoms with Crippen LogP contribution in [0.2, 0.25) is 0 Å². The Morgan fingerprint density at radius 1 is 0.391 bits per heavy atom. The van der Waals surface area contributed by atoms with Crippen molar-refractivity contribution in [3.8, 4) is 39.1 Å². The van der Waals surface area contributed by atoms with Crippen LogP contribution in [0, 0.1) is 0 Å². The molecule has 0 amide bonds. The van der Waals surface area contributed by atoms with Crippen molar-refractivity contribution < 1.29 is 0 Å². The van der Waals surface area contributed by atoms with E-state index in [0.29, 0.717) is 0 Å². The number of benzene rings is 8. The van der Waals surface area contributed by atoms with E-state index in [4.69, 9.17) is 0 Å². The molecule has 0 fully saturated rings. The van der Waals surface area contributed by atoms with Crippen LogP contribution in [0.4, 0.5) is 0 Å². The fraction of sp³-hybridized carbons (Fsp3) is 0. The first-order valence-electron chi connectivity index (χ1n) is 15.8. The summed E-state index contributed by atoms with van der Waals surface area (Å²) in [5, 5.41) is 7.74. The van der Waals surface area contributed by atoms with E-state index in [2.05, 4.69) is 168 Å². The Hall–Kier alpha value is -5.57. The van der Waals surface area contributed by atoms with E-state index in [1.54, 1.807) is 0 Å². The maximum absolute atomic E-state index is 2.45. The number of fused-ring (bicyclic) bond motifs is 7. The van der Waals surface area contributed by atoms with E-state index in [1.807, 2.05) is 11.8 Å². The SMILES string of the molecule is c1ccc(-n2c3cc(-c4cccc(-c5ccc6c7c(cccc57)-c5ccccc5S6)c4)ccc3c3ccc4ccccc4c32)cc1. The summed E-state index contributed by atoms with van der Waals surface area (Å²) in [7, 11) is 0. The fourth-order valence-electron chi connectivity index (χ4n) is 7.50. The molecular formula is C44H27NS. The van der Waals surface area contributed by atoms with Gasteiger partial charge in [0.2, 0.25) is 0 Å². The average Bonchev–Trinajstić information content (AvgIpc) is 3.46. The minimum atomic E-state index is 1.17. The molecule has 0 saturated heterocycles. The van der Waals surface area contributed by atoms with Gasteiger partial charge >= 0.3 is 0 Å². The van der Waals surface area contributed by atoms with Gasteiger partial charge in [0, 0.05) is 37.0 Å². The molecule has 2 heterocycles. The lowest BCUT2D eigenvalue weighted by atomic mass is 9.91. The number of para-hydroxylation sites is 1. The number of hydrogen-bond acceptors (Lipinski definition) is 1.